The Morgan fingerprint density at radius 3 is 2.69 bits per heavy atom. The lowest BCUT2D eigenvalue weighted by molar-refractivity contribution is 0.101. The third kappa shape index (κ3) is 4.11. The molecule has 1 saturated heterocycles. The summed E-state index contributed by atoms with van der Waals surface area (Å²) in [6.45, 7) is 8.57. The Balaban J connectivity index is 1.51. The number of thiazole rings is 1. The van der Waals surface area contributed by atoms with Gasteiger partial charge in [0.2, 0.25) is 0 Å². The van der Waals surface area contributed by atoms with E-state index < -0.39 is 0 Å². The molecule has 0 radical (unpaired) electrons. The first-order valence-electron chi connectivity index (χ1n) is 12.3. The average Bonchev–Trinajstić information content (AvgIpc) is 3.50. The van der Waals surface area contributed by atoms with Crippen molar-refractivity contribution in [1.29, 1.82) is 5.26 Å². The molecule has 4 aromatic rings. The van der Waals surface area contributed by atoms with Crippen LogP contribution in [0.15, 0.2) is 41.3 Å². The van der Waals surface area contributed by atoms with Crippen LogP contribution in [-0.2, 0) is 13.6 Å². The summed E-state index contributed by atoms with van der Waals surface area (Å²) >= 11 is 1.78. The fourth-order valence-corrected chi connectivity index (χ4v) is 6.32. The maximum Gasteiger partial charge on any atom is 0.252 e. The highest BCUT2D eigenvalue weighted by Gasteiger charge is 2.37. The summed E-state index contributed by atoms with van der Waals surface area (Å²) in [6.07, 6.45) is 3.75. The van der Waals surface area contributed by atoms with Crippen LogP contribution in [-0.4, -0.2) is 49.4 Å². The van der Waals surface area contributed by atoms with E-state index >= 15 is 0 Å². The van der Waals surface area contributed by atoms with Crippen LogP contribution in [0.4, 0.5) is 5.69 Å². The topological polar surface area (TPSA) is 83.0 Å². The van der Waals surface area contributed by atoms with Gasteiger partial charge in [0, 0.05) is 38.3 Å². The second-order valence-electron chi connectivity index (χ2n) is 9.31. The minimum absolute atomic E-state index is 0.0582. The molecule has 1 unspecified atom stereocenters. The van der Waals surface area contributed by atoms with Crippen LogP contribution in [0.5, 0.6) is 0 Å². The van der Waals surface area contributed by atoms with E-state index in [1.807, 2.05) is 6.07 Å². The van der Waals surface area contributed by atoms with Crippen molar-refractivity contribution >= 4 is 38.3 Å². The second-order valence-corrected chi connectivity index (χ2v) is 10.4. The molecule has 5 rings (SSSR count). The van der Waals surface area contributed by atoms with Crippen molar-refractivity contribution < 1.29 is 0 Å². The van der Waals surface area contributed by atoms with E-state index in [-0.39, 0.29) is 24.2 Å². The van der Waals surface area contributed by atoms with Gasteiger partial charge in [-0.15, -0.1) is 11.3 Å². The largest absolute Gasteiger partial charge is 0.364 e. The summed E-state index contributed by atoms with van der Waals surface area (Å²) < 4.78 is 4.46. The molecule has 1 fully saturated rings. The molecule has 3 atom stereocenters. The Morgan fingerprint density at radius 2 is 1.97 bits per heavy atom. The first kappa shape index (κ1) is 23.5. The van der Waals surface area contributed by atoms with E-state index in [9.17, 15) is 4.79 Å². The molecule has 4 heterocycles. The molecule has 182 valence electrons. The zero-order valence-corrected chi connectivity index (χ0v) is 21.5. The van der Waals surface area contributed by atoms with Crippen LogP contribution in [0, 0.1) is 11.3 Å². The van der Waals surface area contributed by atoms with Crippen molar-refractivity contribution in [1.82, 2.24) is 24.2 Å². The third-order valence-corrected chi connectivity index (χ3v) is 8.53. The maximum atomic E-state index is 12.9. The fraction of sp³-hybridized carbons (Fsp3) is 0.462. The number of hydrogen-bond acceptors (Lipinski definition) is 7. The Kier molecular flexibility index (Phi) is 6.34. The molecule has 0 N–H and O–H groups in total. The van der Waals surface area contributed by atoms with Gasteiger partial charge in [0.1, 0.15) is 17.1 Å². The Bertz CT molecular complexity index is 1430. The number of nitriles is 1. The molecule has 3 aromatic heterocycles. The molecule has 35 heavy (non-hydrogen) atoms. The molecule has 1 aromatic carbocycles. The van der Waals surface area contributed by atoms with E-state index in [1.165, 1.54) is 4.70 Å². The summed E-state index contributed by atoms with van der Waals surface area (Å²) in [5.74, 6) is 0. The molecular formula is C26H31N7OS. The van der Waals surface area contributed by atoms with E-state index in [0.29, 0.717) is 6.04 Å². The molecule has 0 saturated carbocycles. The van der Waals surface area contributed by atoms with E-state index in [2.05, 4.69) is 54.8 Å². The van der Waals surface area contributed by atoms with Crippen molar-refractivity contribution in [3.63, 3.8) is 0 Å². The highest BCUT2D eigenvalue weighted by atomic mass is 32.1. The molecular weight excluding hydrogens is 458 g/mol. The number of hydrogen-bond donors (Lipinski definition) is 0. The first-order valence-corrected chi connectivity index (χ1v) is 13.1. The number of anilines is 1. The van der Waals surface area contributed by atoms with Crippen molar-refractivity contribution in [2.75, 3.05) is 18.0 Å². The van der Waals surface area contributed by atoms with Gasteiger partial charge in [-0.25, -0.2) is 4.98 Å². The standard InChI is InChI=1S/C26H31N7OS/c1-5-18-15-33(21-13-24(34)30(4)22-16-31(12-11-27)29-25(21)22)19(6-2)14-32(18)17(3)26-28-20-9-7-8-10-23(20)35-26/h7-10,13,16-19H,5-6,12,14-15H2,1-4H3/t17?,18-,19+/m1/s1. The lowest BCUT2D eigenvalue weighted by Crippen LogP contribution is -2.58. The van der Waals surface area contributed by atoms with Crippen LogP contribution < -0.4 is 10.5 Å². The molecule has 0 aliphatic carbocycles. The van der Waals surface area contributed by atoms with E-state index in [1.54, 1.807) is 39.9 Å². The first-order chi connectivity index (χ1) is 16.9. The maximum absolute atomic E-state index is 12.9. The van der Waals surface area contributed by atoms with Crippen LogP contribution in [0.2, 0.25) is 0 Å². The number of pyridine rings is 1. The molecule has 0 amide bonds. The smallest absolute Gasteiger partial charge is 0.252 e. The molecule has 0 bridgehead atoms. The Morgan fingerprint density at radius 1 is 1.20 bits per heavy atom. The van der Waals surface area contributed by atoms with Crippen LogP contribution in [0.3, 0.4) is 0 Å². The number of nitrogens with zero attached hydrogens (tertiary/aromatic N) is 7. The van der Waals surface area contributed by atoms with Gasteiger partial charge >= 0.3 is 0 Å². The highest BCUT2D eigenvalue weighted by Crippen LogP contribution is 2.36. The van der Waals surface area contributed by atoms with Crippen LogP contribution in [0.1, 0.15) is 44.7 Å². The second kappa shape index (κ2) is 9.44. The predicted octanol–water partition coefficient (Wildman–Crippen LogP) is 4.31. The number of aromatic nitrogens is 4. The van der Waals surface area contributed by atoms with Crippen molar-refractivity contribution in [3.8, 4) is 6.07 Å². The summed E-state index contributed by atoms with van der Waals surface area (Å²) in [4.78, 5) is 22.8. The normalized spacial score (nSPS) is 19.9. The van der Waals surface area contributed by atoms with Gasteiger partial charge in [-0.2, -0.15) is 10.4 Å². The fourth-order valence-electron chi connectivity index (χ4n) is 5.28. The third-order valence-electron chi connectivity index (χ3n) is 7.33. The molecule has 0 spiro atoms. The Hall–Kier alpha value is -3.22. The quantitative estimate of drug-likeness (QED) is 0.401. The van der Waals surface area contributed by atoms with Gasteiger partial charge in [-0.1, -0.05) is 26.0 Å². The van der Waals surface area contributed by atoms with Gasteiger partial charge in [-0.3, -0.25) is 14.4 Å². The summed E-state index contributed by atoms with van der Waals surface area (Å²) in [7, 11) is 1.76. The number of para-hydroxylation sites is 1. The number of piperazine rings is 1. The van der Waals surface area contributed by atoms with Crippen LogP contribution >= 0.6 is 11.3 Å². The average molecular weight is 490 g/mol. The number of fused-ring (bicyclic) bond motifs is 2. The lowest BCUT2D eigenvalue weighted by Gasteiger charge is -2.49. The number of rotatable bonds is 6. The van der Waals surface area contributed by atoms with Gasteiger partial charge < -0.3 is 9.47 Å². The molecule has 8 nitrogen and oxygen atoms in total. The van der Waals surface area contributed by atoms with Gasteiger partial charge in [0.25, 0.3) is 5.56 Å². The Labute approximate surface area is 209 Å². The minimum Gasteiger partial charge on any atom is -0.364 e. The SMILES string of the molecule is CC[C@H]1CN(C(C)c2nc3ccccc3s2)[C@H](CC)CN1c1cc(=O)n(C)c2cn(CC#N)nc12. The molecule has 1 aliphatic heterocycles. The summed E-state index contributed by atoms with van der Waals surface area (Å²) in [5, 5.41) is 15.0. The molecule has 1 aliphatic rings. The number of aryl methyl sites for hydroxylation is 1. The lowest BCUT2D eigenvalue weighted by atomic mass is 9.99. The monoisotopic (exact) mass is 489 g/mol. The molecule has 9 heteroatoms. The van der Waals surface area contributed by atoms with Gasteiger partial charge in [-0.05, 0) is 31.9 Å². The van der Waals surface area contributed by atoms with Crippen molar-refractivity contribution in [2.45, 2.75) is 58.3 Å². The summed E-state index contributed by atoms with van der Waals surface area (Å²) in [6, 6.07) is 13.0. The van der Waals surface area contributed by atoms with Crippen molar-refractivity contribution in [2.24, 2.45) is 7.05 Å². The zero-order valence-electron chi connectivity index (χ0n) is 20.7. The van der Waals surface area contributed by atoms with Crippen LogP contribution in [0.25, 0.3) is 21.3 Å². The predicted molar refractivity (Wildman–Crippen MR) is 141 cm³/mol. The summed E-state index contributed by atoms with van der Waals surface area (Å²) in [5.41, 5.74) is 3.42. The van der Waals surface area contributed by atoms with Gasteiger partial charge in [0.15, 0.2) is 0 Å². The number of benzene rings is 1. The van der Waals surface area contributed by atoms with E-state index in [4.69, 9.17) is 15.3 Å². The van der Waals surface area contributed by atoms with E-state index in [0.717, 1.165) is 53.2 Å². The van der Waals surface area contributed by atoms with Gasteiger partial charge in [0.05, 0.1) is 39.7 Å². The minimum atomic E-state index is -0.0582. The van der Waals surface area contributed by atoms with Crippen molar-refractivity contribution in [3.05, 3.63) is 51.9 Å². The highest BCUT2D eigenvalue weighted by molar-refractivity contribution is 7.18. The zero-order chi connectivity index (χ0) is 24.7.